The summed E-state index contributed by atoms with van der Waals surface area (Å²) in [4.78, 5) is 18.7. The Morgan fingerprint density at radius 3 is 2.69 bits per heavy atom. The van der Waals surface area contributed by atoms with Crippen molar-refractivity contribution in [2.45, 2.75) is 40.2 Å². The minimum atomic E-state index is 0.0556. The summed E-state index contributed by atoms with van der Waals surface area (Å²) in [5, 5.41) is 6.74. The number of anilines is 1. The first-order chi connectivity index (χ1) is 14.1. The molecule has 0 spiro atoms. The number of aliphatic imine (C=N–C) groups is 1. The van der Waals surface area contributed by atoms with Gasteiger partial charge in [-0.1, -0.05) is 18.2 Å². The monoisotopic (exact) mass is 397 g/mol. The maximum absolute atomic E-state index is 11.7. The number of likely N-dealkylation sites (N-methyl/N-ethyl adjacent to an activating group) is 1. The van der Waals surface area contributed by atoms with Crippen LogP contribution in [0.5, 0.6) is 0 Å². The number of hydrogen-bond acceptors (Lipinski definition) is 3. The number of rotatable bonds is 11. The zero-order chi connectivity index (χ0) is 20.9. The van der Waals surface area contributed by atoms with Crippen molar-refractivity contribution in [1.82, 2.24) is 15.2 Å². The van der Waals surface area contributed by atoms with Crippen molar-refractivity contribution in [2.75, 3.05) is 37.6 Å². The molecule has 1 aromatic carbocycles. The van der Waals surface area contributed by atoms with Crippen LogP contribution in [-0.2, 0) is 6.54 Å². The van der Waals surface area contributed by atoms with Gasteiger partial charge in [0.25, 0.3) is 0 Å². The second-order valence-electron chi connectivity index (χ2n) is 7.05. The molecule has 0 aliphatic heterocycles. The number of unbranched alkanes of at least 4 members (excludes halogenated alkanes) is 1. The summed E-state index contributed by atoms with van der Waals surface area (Å²) in [6.07, 6.45) is 3.72. The van der Waals surface area contributed by atoms with Crippen LogP contribution in [0.15, 0.2) is 58.4 Å². The summed E-state index contributed by atoms with van der Waals surface area (Å²) >= 11 is 0. The van der Waals surface area contributed by atoms with Crippen molar-refractivity contribution >= 4 is 11.6 Å². The van der Waals surface area contributed by atoms with Gasteiger partial charge in [-0.3, -0.25) is 9.79 Å². The molecule has 0 bridgehead atoms. The molecule has 0 atom stereocenters. The van der Waals surface area contributed by atoms with Crippen molar-refractivity contribution in [2.24, 2.45) is 4.99 Å². The SMILES string of the molecule is CCNC(=NCCCCn1ccccc1=O)NCCN(CC)c1cccc(C)c1. The van der Waals surface area contributed by atoms with Gasteiger partial charge in [-0.05, 0) is 57.4 Å². The fourth-order valence-corrected chi connectivity index (χ4v) is 3.18. The maximum Gasteiger partial charge on any atom is 0.250 e. The van der Waals surface area contributed by atoms with Crippen molar-refractivity contribution in [1.29, 1.82) is 0 Å². The van der Waals surface area contributed by atoms with E-state index < -0.39 is 0 Å². The predicted molar refractivity (Wildman–Crippen MR) is 123 cm³/mol. The van der Waals surface area contributed by atoms with Gasteiger partial charge in [-0.2, -0.15) is 0 Å². The molecule has 158 valence electrons. The second-order valence-corrected chi connectivity index (χ2v) is 7.05. The van der Waals surface area contributed by atoms with E-state index in [2.05, 4.69) is 65.6 Å². The highest BCUT2D eigenvalue weighted by molar-refractivity contribution is 5.79. The van der Waals surface area contributed by atoms with Crippen molar-refractivity contribution < 1.29 is 0 Å². The summed E-state index contributed by atoms with van der Waals surface area (Å²) in [7, 11) is 0. The maximum atomic E-state index is 11.7. The van der Waals surface area contributed by atoms with Crippen molar-refractivity contribution in [3.05, 3.63) is 64.6 Å². The minimum absolute atomic E-state index is 0.0556. The molecule has 2 rings (SSSR count). The van der Waals surface area contributed by atoms with Gasteiger partial charge in [0.2, 0.25) is 5.56 Å². The highest BCUT2D eigenvalue weighted by Crippen LogP contribution is 2.14. The lowest BCUT2D eigenvalue weighted by atomic mass is 10.2. The molecule has 0 saturated heterocycles. The van der Waals surface area contributed by atoms with E-state index in [4.69, 9.17) is 0 Å². The van der Waals surface area contributed by atoms with Crippen LogP contribution in [0.3, 0.4) is 0 Å². The van der Waals surface area contributed by atoms with E-state index in [1.165, 1.54) is 11.3 Å². The highest BCUT2D eigenvalue weighted by atomic mass is 16.1. The third-order valence-corrected chi connectivity index (χ3v) is 4.74. The first-order valence-corrected chi connectivity index (χ1v) is 10.6. The van der Waals surface area contributed by atoms with Crippen LogP contribution < -0.4 is 21.1 Å². The number of nitrogens with zero attached hydrogens (tertiary/aromatic N) is 3. The van der Waals surface area contributed by atoms with Crippen LogP contribution in [-0.4, -0.2) is 43.3 Å². The topological polar surface area (TPSA) is 61.7 Å². The largest absolute Gasteiger partial charge is 0.370 e. The molecule has 0 unspecified atom stereocenters. The first-order valence-electron chi connectivity index (χ1n) is 10.6. The lowest BCUT2D eigenvalue weighted by Crippen LogP contribution is -2.41. The number of aryl methyl sites for hydroxylation is 2. The first kappa shape index (κ1) is 22.5. The molecule has 2 aromatic rings. The Balaban J connectivity index is 1.76. The standard InChI is InChI=1S/C23H35N5O/c1-4-24-23(25-14-7-9-17-28-16-8-6-13-22(28)29)26-15-18-27(5-2)21-12-10-11-20(3)19-21/h6,8,10-13,16,19H,4-5,7,9,14-15,17-18H2,1-3H3,(H2,24,25,26). The van der Waals surface area contributed by atoms with Gasteiger partial charge in [0.05, 0.1) is 0 Å². The summed E-state index contributed by atoms with van der Waals surface area (Å²) in [6, 6.07) is 13.9. The summed E-state index contributed by atoms with van der Waals surface area (Å²) in [6.45, 7) is 11.4. The zero-order valence-corrected chi connectivity index (χ0v) is 18.0. The molecule has 6 nitrogen and oxygen atoms in total. The molecular formula is C23H35N5O. The minimum Gasteiger partial charge on any atom is -0.370 e. The molecule has 0 aliphatic rings. The van der Waals surface area contributed by atoms with E-state index in [1.807, 2.05) is 12.3 Å². The van der Waals surface area contributed by atoms with Crippen LogP contribution in [0.2, 0.25) is 0 Å². The van der Waals surface area contributed by atoms with Crippen LogP contribution in [0.25, 0.3) is 0 Å². The van der Waals surface area contributed by atoms with Gasteiger partial charge < -0.3 is 20.1 Å². The van der Waals surface area contributed by atoms with Gasteiger partial charge in [0, 0.05) is 57.2 Å². The third kappa shape index (κ3) is 8.02. The van der Waals surface area contributed by atoms with Gasteiger partial charge in [-0.15, -0.1) is 0 Å². The van der Waals surface area contributed by atoms with Crippen molar-refractivity contribution in [3.63, 3.8) is 0 Å². The van der Waals surface area contributed by atoms with Gasteiger partial charge >= 0.3 is 0 Å². The Morgan fingerprint density at radius 1 is 1.10 bits per heavy atom. The summed E-state index contributed by atoms with van der Waals surface area (Å²) < 4.78 is 1.75. The van der Waals surface area contributed by atoms with E-state index in [1.54, 1.807) is 16.7 Å². The third-order valence-electron chi connectivity index (χ3n) is 4.74. The molecule has 29 heavy (non-hydrogen) atoms. The Labute approximate surface area is 174 Å². The fraction of sp³-hybridized carbons (Fsp3) is 0.478. The van der Waals surface area contributed by atoms with E-state index in [-0.39, 0.29) is 5.56 Å². The smallest absolute Gasteiger partial charge is 0.250 e. The molecule has 2 N–H and O–H groups in total. The number of hydrogen-bond donors (Lipinski definition) is 2. The molecule has 0 aliphatic carbocycles. The average molecular weight is 398 g/mol. The zero-order valence-electron chi connectivity index (χ0n) is 18.0. The van der Waals surface area contributed by atoms with Crippen LogP contribution in [0, 0.1) is 6.92 Å². The number of pyridine rings is 1. The molecule has 1 aromatic heterocycles. The number of aromatic nitrogens is 1. The van der Waals surface area contributed by atoms with E-state index in [9.17, 15) is 4.79 Å². The molecule has 0 saturated carbocycles. The average Bonchev–Trinajstić information content (AvgIpc) is 2.72. The van der Waals surface area contributed by atoms with Gasteiger partial charge in [0.1, 0.15) is 0 Å². The number of nitrogens with one attached hydrogen (secondary N) is 2. The summed E-state index contributed by atoms with van der Waals surface area (Å²) in [5.74, 6) is 0.852. The Kier molecular flexibility index (Phi) is 9.83. The van der Waals surface area contributed by atoms with E-state index in [0.29, 0.717) is 0 Å². The Bertz CT molecular complexity index is 815. The van der Waals surface area contributed by atoms with E-state index in [0.717, 1.165) is 58.1 Å². The van der Waals surface area contributed by atoms with Crippen LogP contribution in [0.1, 0.15) is 32.3 Å². The normalized spacial score (nSPS) is 11.3. The van der Waals surface area contributed by atoms with Crippen molar-refractivity contribution in [3.8, 4) is 0 Å². The molecule has 6 heteroatoms. The Hall–Kier alpha value is -2.76. The molecule has 1 heterocycles. The highest BCUT2D eigenvalue weighted by Gasteiger charge is 2.05. The lowest BCUT2D eigenvalue weighted by Gasteiger charge is -2.24. The van der Waals surface area contributed by atoms with E-state index >= 15 is 0 Å². The lowest BCUT2D eigenvalue weighted by molar-refractivity contribution is 0.597. The number of guanidine groups is 1. The Morgan fingerprint density at radius 2 is 1.97 bits per heavy atom. The molecule has 0 radical (unpaired) electrons. The second kappa shape index (κ2) is 12.6. The van der Waals surface area contributed by atoms with Crippen LogP contribution >= 0.6 is 0 Å². The van der Waals surface area contributed by atoms with Gasteiger partial charge in [-0.25, -0.2) is 0 Å². The quantitative estimate of drug-likeness (QED) is 0.348. The predicted octanol–water partition coefficient (Wildman–Crippen LogP) is 3.02. The molecular weight excluding hydrogens is 362 g/mol. The van der Waals surface area contributed by atoms with Crippen LogP contribution in [0.4, 0.5) is 5.69 Å². The fourth-order valence-electron chi connectivity index (χ4n) is 3.18. The van der Waals surface area contributed by atoms with Gasteiger partial charge in [0.15, 0.2) is 5.96 Å². The molecule has 0 fully saturated rings. The number of benzene rings is 1. The molecule has 0 amide bonds. The summed E-state index contributed by atoms with van der Waals surface area (Å²) in [5.41, 5.74) is 2.59.